The Morgan fingerprint density at radius 2 is 1.89 bits per heavy atom. The topological polar surface area (TPSA) is 66.5 Å². The fourth-order valence-corrected chi connectivity index (χ4v) is 5.63. The van der Waals surface area contributed by atoms with E-state index in [0.717, 1.165) is 32.1 Å². The summed E-state index contributed by atoms with van der Waals surface area (Å²) in [4.78, 5) is 14.8. The molecule has 2 aliphatic carbocycles. The monoisotopic (exact) mass is 418 g/mol. The van der Waals surface area contributed by atoms with Gasteiger partial charge in [0, 0.05) is 18.7 Å². The van der Waals surface area contributed by atoms with E-state index in [1.165, 1.54) is 23.3 Å². The van der Waals surface area contributed by atoms with Crippen LogP contribution >= 0.6 is 11.6 Å². The first kappa shape index (κ1) is 19.4. The first-order valence-electron chi connectivity index (χ1n) is 9.53. The fourth-order valence-electron chi connectivity index (χ4n) is 3.80. The van der Waals surface area contributed by atoms with Crippen LogP contribution in [-0.4, -0.2) is 32.3 Å². The van der Waals surface area contributed by atoms with Gasteiger partial charge in [0.2, 0.25) is 10.0 Å². The molecule has 0 spiro atoms. The number of carbonyl (C=O) groups excluding carboxylic acids is 1. The molecule has 1 N–H and O–H groups in total. The summed E-state index contributed by atoms with van der Waals surface area (Å²) < 4.78 is 27.8. The Balaban J connectivity index is 1.63. The molecular weight excluding hydrogens is 396 g/mol. The van der Waals surface area contributed by atoms with Gasteiger partial charge in [0.05, 0.1) is 11.1 Å². The first-order valence-corrected chi connectivity index (χ1v) is 11.4. The Hall–Kier alpha value is -1.89. The second-order valence-electron chi connectivity index (χ2n) is 7.56. The van der Waals surface area contributed by atoms with Gasteiger partial charge in [-0.15, -0.1) is 0 Å². The average Bonchev–Trinajstić information content (AvgIpc) is 3.50. The summed E-state index contributed by atoms with van der Waals surface area (Å²) in [6.45, 7) is 0. The highest BCUT2D eigenvalue weighted by atomic mass is 35.5. The maximum absolute atomic E-state index is 13.1. The number of halogens is 1. The first-order chi connectivity index (χ1) is 13.4. The number of rotatable bonds is 5. The maximum atomic E-state index is 13.1. The molecule has 2 aliphatic rings. The number of amides is 1. The Labute approximate surface area is 170 Å². The Kier molecular flexibility index (Phi) is 5.21. The molecule has 1 amide bonds. The molecule has 7 heteroatoms. The summed E-state index contributed by atoms with van der Waals surface area (Å²) in [6.07, 6.45) is 4.59. The van der Waals surface area contributed by atoms with Crippen LogP contribution in [0.4, 0.5) is 0 Å². The molecule has 0 radical (unpaired) electrons. The van der Waals surface area contributed by atoms with Gasteiger partial charge in [0.25, 0.3) is 5.91 Å². The van der Waals surface area contributed by atoms with Crippen LogP contribution in [0.15, 0.2) is 47.4 Å². The molecule has 28 heavy (non-hydrogen) atoms. The van der Waals surface area contributed by atoms with Crippen molar-refractivity contribution in [2.24, 2.45) is 0 Å². The predicted octanol–water partition coefficient (Wildman–Crippen LogP) is 3.93. The lowest BCUT2D eigenvalue weighted by Gasteiger charge is -2.33. The quantitative estimate of drug-likeness (QED) is 0.799. The molecule has 1 saturated carbocycles. The minimum absolute atomic E-state index is 0.0159. The fraction of sp³-hybridized carbons (Fsp3) is 0.381. The lowest BCUT2D eigenvalue weighted by molar-refractivity contribution is 0.0715. The predicted molar refractivity (Wildman–Crippen MR) is 109 cm³/mol. The molecule has 0 aliphatic heterocycles. The number of hydrogen-bond acceptors (Lipinski definition) is 3. The van der Waals surface area contributed by atoms with Gasteiger partial charge in [-0.25, -0.2) is 13.1 Å². The van der Waals surface area contributed by atoms with E-state index in [4.69, 9.17) is 11.6 Å². The van der Waals surface area contributed by atoms with Gasteiger partial charge >= 0.3 is 0 Å². The third-order valence-electron chi connectivity index (χ3n) is 5.49. The molecule has 4 rings (SSSR count). The average molecular weight is 419 g/mol. The van der Waals surface area contributed by atoms with Crippen LogP contribution in [0.5, 0.6) is 0 Å². The van der Waals surface area contributed by atoms with Gasteiger partial charge in [0.15, 0.2) is 0 Å². The highest BCUT2D eigenvalue weighted by Crippen LogP contribution is 2.34. The summed E-state index contributed by atoms with van der Waals surface area (Å²) >= 11 is 6.14. The third-order valence-corrected chi connectivity index (χ3v) is 7.49. The second kappa shape index (κ2) is 7.50. The van der Waals surface area contributed by atoms with Crippen LogP contribution in [0.2, 0.25) is 5.02 Å². The number of hydrogen-bond donors (Lipinski definition) is 1. The molecule has 0 aromatic heterocycles. The number of carbonyl (C=O) groups is 1. The third kappa shape index (κ3) is 3.81. The van der Waals surface area contributed by atoms with Crippen molar-refractivity contribution in [3.8, 4) is 0 Å². The van der Waals surface area contributed by atoms with Gasteiger partial charge in [-0.3, -0.25) is 4.79 Å². The van der Waals surface area contributed by atoms with Crippen molar-refractivity contribution in [2.45, 2.75) is 49.1 Å². The van der Waals surface area contributed by atoms with Crippen molar-refractivity contribution in [2.75, 3.05) is 7.05 Å². The number of sulfonamides is 1. The molecule has 2 aromatic carbocycles. The zero-order chi connectivity index (χ0) is 19.9. The van der Waals surface area contributed by atoms with Gasteiger partial charge < -0.3 is 4.90 Å². The number of aryl methyl sites for hydroxylation is 1. The molecule has 5 nitrogen and oxygen atoms in total. The van der Waals surface area contributed by atoms with Crippen LogP contribution in [0, 0.1) is 0 Å². The minimum Gasteiger partial charge on any atom is -0.335 e. The summed E-state index contributed by atoms with van der Waals surface area (Å²) in [6, 6.07) is 12.6. The summed E-state index contributed by atoms with van der Waals surface area (Å²) in [5, 5.41) is 0.121. The number of fused-ring (bicyclic) bond motifs is 1. The van der Waals surface area contributed by atoms with Crippen LogP contribution in [0.25, 0.3) is 0 Å². The number of nitrogens with one attached hydrogen (secondary N) is 1. The van der Waals surface area contributed by atoms with Crippen LogP contribution in [-0.2, 0) is 16.4 Å². The summed E-state index contributed by atoms with van der Waals surface area (Å²) in [7, 11) is -1.96. The van der Waals surface area contributed by atoms with Gasteiger partial charge in [-0.1, -0.05) is 35.9 Å². The summed E-state index contributed by atoms with van der Waals surface area (Å²) in [5.41, 5.74) is 2.76. The van der Waals surface area contributed by atoms with Gasteiger partial charge in [-0.2, -0.15) is 0 Å². The van der Waals surface area contributed by atoms with E-state index < -0.39 is 10.0 Å². The molecule has 0 bridgehead atoms. The maximum Gasteiger partial charge on any atom is 0.254 e. The lowest BCUT2D eigenvalue weighted by atomic mass is 9.87. The lowest BCUT2D eigenvalue weighted by Crippen LogP contribution is -2.33. The SMILES string of the molecule is CN(C(=O)c1ccc(Cl)c(S(=O)(=O)NC2CC2)c1)[C@@H]1CCCc2ccccc21. The van der Waals surface area contributed by atoms with Crippen LogP contribution < -0.4 is 4.72 Å². The number of nitrogens with zero attached hydrogens (tertiary/aromatic N) is 1. The van der Waals surface area contributed by atoms with E-state index >= 15 is 0 Å². The van der Waals surface area contributed by atoms with E-state index in [1.807, 2.05) is 12.1 Å². The van der Waals surface area contributed by atoms with Crippen molar-refractivity contribution in [3.05, 3.63) is 64.2 Å². The van der Waals surface area contributed by atoms with E-state index in [1.54, 1.807) is 18.0 Å². The Morgan fingerprint density at radius 3 is 2.64 bits per heavy atom. The van der Waals surface area contributed by atoms with Crippen molar-refractivity contribution in [1.82, 2.24) is 9.62 Å². The highest BCUT2D eigenvalue weighted by molar-refractivity contribution is 7.89. The molecule has 148 valence electrons. The van der Waals surface area contributed by atoms with E-state index in [0.29, 0.717) is 5.56 Å². The molecule has 0 unspecified atom stereocenters. The minimum atomic E-state index is -3.74. The van der Waals surface area contributed by atoms with Crippen molar-refractivity contribution in [3.63, 3.8) is 0 Å². The number of benzene rings is 2. The van der Waals surface area contributed by atoms with E-state index in [2.05, 4.69) is 16.9 Å². The largest absolute Gasteiger partial charge is 0.335 e. The Morgan fingerprint density at radius 1 is 1.14 bits per heavy atom. The normalized spacial score (nSPS) is 19.1. The van der Waals surface area contributed by atoms with Crippen molar-refractivity contribution in [1.29, 1.82) is 0 Å². The van der Waals surface area contributed by atoms with E-state index in [9.17, 15) is 13.2 Å². The molecule has 1 atom stereocenters. The zero-order valence-corrected chi connectivity index (χ0v) is 17.3. The summed E-state index contributed by atoms with van der Waals surface area (Å²) in [5.74, 6) is -0.207. The smallest absolute Gasteiger partial charge is 0.254 e. The zero-order valence-electron chi connectivity index (χ0n) is 15.7. The van der Waals surface area contributed by atoms with Crippen molar-refractivity contribution < 1.29 is 13.2 Å². The molecule has 2 aromatic rings. The van der Waals surface area contributed by atoms with Crippen molar-refractivity contribution >= 4 is 27.5 Å². The van der Waals surface area contributed by atoms with Gasteiger partial charge in [0.1, 0.15) is 4.90 Å². The van der Waals surface area contributed by atoms with E-state index in [-0.39, 0.29) is 27.9 Å². The molecular formula is C21H23ClN2O3S. The molecule has 1 fully saturated rings. The molecule has 0 saturated heterocycles. The van der Waals surface area contributed by atoms with Gasteiger partial charge in [-0.05, 0) is 61.4 Å². The standard InChI is InChI=1S/C21H23ClN2O3S/c1-24(19-8-4-6-14-5-2-3-7-17(14)19)21(25)15-9-12-18(22)20(13-15)28(26,27)23-16-10-11-16/h2-3,5,7,9,12-13,16,19,23H,4,6,8,10-11H2,1H3/t19-/m1/s1. The second-order valence-corrected chi connectivity index (χ2v) is 9.65. The Bertz CT molecular complexity index is 1020. The highest BCUT2D eigenvalue weighted by Gasteiger charge is 2.31. The van der Waals surface area contributed by atoms with Crippen LogP contribution in [0.3, 0.4) is 0 Å². The molecule has 0 heterocycles. The van der Waals surface area contributed by atoms with Crippen LogP contribution in [0.1, 0.15) is 53.2 Å².